The van der Waals surface area contributed by atoms with Crippen LogP contribution in [0.15, 0.2) is 31.0 Å². The average Bonchev–Trinajstić information content (AvgIpc) is 2.78. The summed E-state index contributed by atoms with van der Waals surface area (Å²) in [5.41, 5.74) is 0.519. The summed E-state index contributed by atoms with van der Waals surface area (Å²) < 4.78 is 1.93. The Morgan fingerprint density at radius 2 is 2.19 bits per heavy atom. The fraction of sp³-hybridized carbons (Fsp3) is 0.364. The van der Waals surface area contributed by atoms with Gasteiger partial charge in [-0.2, -0.15) is 0 Å². The third kappa shape index (κ3) is 2.09. The van der Waals surface area contributed by atoms with Crippen LogP contribution in [0.1, 0.15) is 31.0 Å². The van der Waals surface area contributed by atoms with Crippen molar-refractivity contribution in [2.24, 2.45) is 0 Å². The third-order valence-electron chi connectivity index (χ3n) is 2.32. The van der Waals surface area contributed by atoms with Crippen LogP contribution in [0.2, 0.25) is 0 Å². The molecule has 16 heavy (non-hydrogen) atoms. The molecule has 1 N–H and O–H groups in total. The van der Waals surface area contributed by atoms with Crippen LogP contribution in [0.5, 0.6) is 0 Å². The maximum absolute atomic E-state index is 10.1. The molecule has 0 spiro atoms. The molecule has 0 saturated heterocycles. The minimum atomic E-state index is -0.810. The minimum Gasteiger partial charge on any atom is -0.379 e. The van der Waals surface area contributed by atoms with E-state index in [0.29, 0.717) is 11.5 Å². The minimum absolute atomic E-state index is 0.519. The van der Waals surface area contributed by atoms with E-state index in [1.54, 1.807) is 24.8 Å². The fourth-order valence-electron chi connectivity index (χ4n) is 1.58. The number of aromatic nitrogens is 4. The van der Waals surface area contributed by atoms with Gasteiger partial charge in [0.25, 0.3) is 0 Å². The highest BCUT2D eigenvalue weighted by molar-refractivity contribution is 5.11. The van der Waals surface area contributed by atoms with E-state index in [9.17, 15) is 5.11 Å². The third-order valence-corrected chi connectivity index (χ3v) is 2.32. The van der Waals surface area contributed by atoms with Crippen molar-refractivity contribution in [2.45, 2.75) is 26.0 Å². The van der Waals surface area contributed by atoms with E-state index < -0.39 is 6.10 Å². The molecule has 5 nitrogen and oxygen atoms in total. The molecular weight excluding hydrogens is 204 g/mol. The highest BCUT2D eigenvalue weighted by atomic mass is 16.3. The largest absolute Gasteiger partial charge is 0.379 e. The van der Waals surface area contributed by atoms with Gasteiger partial charge in [0, 0.05) is 31.3 Å². The average molecular weight is 218 g/mol. The zero-order valence-electron chi connectivity index (χ0n) is 9.11. The lowest BCUT2D eigenvalue weighted by atomic mass is 10.2. The van der Waals surface area contributed by atoms with Crippen LogP contribution in [0.3, 0.4) is 0 Å². The number of rotatable bonds is 4. The van der Waals surface area contributed by atoms with Crippen LogP contribution in [0.4, 0.5) is 0 Å². The van der Waals surface area contributed by atoms with Crippen LogP contribution in [0.25, 0.3) is 0 Å². The second-order valence-electron chi connectivity index (χ2n) is 3.51. The fourth-order valence-corrected chi connectivity index (χ4v) is 1.58. The predicted octanol–water partition coefficient (Wildman–Crippen LogP) is 1.16. The summed E-state index contributed by atoms with van der Waals surface area (Å²) in [5, 5.41) is 10.1. The van der Waals surface area contributed by atoms with Gasteiger partial charge in [-0.3, -0.25) is 9.97 Å². The highest BCUT2D eigenvalue weighted by Gasteiger charge is 2.16. The van der Waals surface area contributed by atoms with Crippen molar-refractivity contribution in [3.05, 3.63) is 42.5 Å². The Hall–Kier alpha value is -1.75. The van der Waals surface area contributed by atoms with Crippen molar-refractivity contribution in [3.8, 4) is 0 Å². The molecule has 2 rings (SSSR count). The summed E-state index contributed by atoms with van der Waals surface area (Å²) in [7, 11) is 0. The van der Waals surface area contributed by atoms with Crippen LogP contribution in [0, 0.1) is 0 Å². The summed E-state index contributed by atoms with van der Waals surface area (Å²) in [6, 6.07) is 0. The molecule has 0 aliphatic carbocycles. The molecule has 84 valence electrons. The van der Waals surface area contributed by atoms with Gasteiger partial charge in [-0.05, 0) is 6.42 Å². The lowest BCUT2D eigenvalue weighted by molar-refractivity contribution is 0.199. The molecule has 0 aliphatic heterocycles. The molecule has 0 bridgehead atoms. The zero-order chi connectivity index (χ0) is 11.4. The first kappa shape index (κ1) is 10.8. The number of nitrogens with zero attached hydrogens (tertiary/aromatic N) is 4. The molecule has 0 aromatic carbocycles. The van der Waals surface area contributed by atoms with E-state index in [1.807, 2.05) is 10.8 Å². The topological polar surface area (TPSA) is 63.8 Å². The maximum Gasteiger partial charge on any atom is 0.155 e. The molecule has 0 fully saturated rings. The van der Waals surface area contributed by atoms with E-state index in [0.717, 1.165) is 13.0 Å². The smallest absolute Gasteiger partial charge is 0.155 e. The van der Waals surface area contributed by atoms with Crippen LogP contribution < -0.4 is 0 Å². The Kier molecular flexibility index (Phi) is 3.26. The van der Waals surface area contributed by atoms with Crippen molar-refractivity contribution < 1.29 is 5.11 Å². The molecule has 2 aromatic rings. The maximum atomic E-state index is 10.1. The second kappa shape index (κ2) is 4.85. The first-order valence-electron chi connectivity index (χ1n) is 5.28. The van der Waals surface area contributed by atoms with Crippen molar-refractivity contribution in [3.63, 3.8) is 0 Å². The van der Waals surface area contributed by atoms with E-state index >= 15 is 0 Å². The van der Waals surface area contributed by atoms with Gasteiger partial charge < -0.3 is 9.67 Å². The molecule has 0 amide bonds. The Morgan fingerprint density at radius 3 is 2.88 bits per heavy atom. The summed E-state index contributed by atoms with van der Waals surface area (Å²) >= 11 is 0. The Balaban J connectivity index is 2.27. The van der Waals surface area contributed by atoms with Gasteiger partial charge in [-0.1, -0.05) is 6.92 Å². The number of hydrogen-bond donors (Lipinski definition) is 1. The molecule has 0 radical (unpaired) electrons. The van der Waals surface area contributed by atoms with Crippen molar-refractivity contribution in [2.75, 3.05) is 0 Å². The van der Waals surface area contributed by atoms with Gasteiger partial charge in [0.05, 0.1) is 11.9 Å². The van der Waals surface area contributed by atoms with E-state index in [2.05, 4.69) is 21.9 Å². The number of hydrogen-bond acceptors (Lipinski definition) is 4. The summed E-state index contributed by atoms with van der Waals surface area (Å²) in [5.74, 6) is 0.613. The molecule has 1 atom stereocenters. The van der Waals surface area contributed by atoms with Crippen LogP contribution in [-0.4, -0.2) is 24.6 Å². The number of aliphatic hydroxyl groups excluding tert-OH is 1. The molecule has 2 heterocycles. The van der Waals surface area contributed by atoms with Gasteiger partial charge in [0.15, 0.2) is 6.10 Å². The normalized spacial score (nSPS) is 12.6. The van der Waals surface area contributed by atoms with Crippen LogP contribution in [-0.2, 0) is 6.54 Å². The Morgan fingerprint density at radius 1 is 1.31 bits per heavy atom. The van der Waals surface area contributed by atoms with Gasteiger partial charge in [-0.25, -0.2) is 4.98 Å². The van der Waals surface area contributed by atoms with E-state index in [-0.39, 0.29) is 0 Å². The van der Waals surface area contributed by atoms with Crippen molar-refractivity contribution >= 4 is 0 Å². The standard InChI is InChI=1S/C11H14N4O/c1-2-6-15-7-5-14-11(15)10(16)9-8-12-3-4-13-9/h3-5,7-8,10,16H,2,6H2,1H3. The number of aryl methyl sites for hydroxylation is 1. The van der Waals surface area contributed by atoms with E-state index in [4.69, 9.17) is 0 Å². The second-order valence-corrected chi connectivity index (χ2v) is 3.51. The zero-order valence-corrected chi connectivity index (χ0v) is 9.11. The lowest BCUT2D eigenvalue weighted by Crippen LogP contribution is -2.11. The number of imidazole rings is 1. The summed E-state index contributed by atoms with van der Waals surface area (Å²) in [6.45, 7) is 2.92. The van der Waals surface area contributed by atoms with Gasteiger partial charge in [0.1, 0.15) is 5.82 Å². The first-order valence-corrected chi connectivity index (χ1v) is 5.28. The van der Waals surface area contributed by atoms with Crippen LogP contribution >= 0.6 is 0 Å². The van der Waals surface area contributed by atoms with Gasteiger partial charge >= 0.3 is 0 Å². The highest BCUT2D eigenvalue weighted by Crippen LogP contribution is 2.17. The van der Waals surface area contributed by atoms with E-state index in [1.165, 1.54) is 0 Å². The molecule has 2 aromatic heterocycles. The molecule has 5 heteroatoms. The van der Waals surface area contributed by atoms with Gasteiger partial charge in [0.2, 0.25) is 0 Å². The monoisotopic (exact) mass is 218 g/mol. The summed E-state index contributed by atoms with van der Waals surface area (Å²) in [6.07, 6.45) is 8.42. The summed E-state index contributed by atoms with van der Waals surface area (Å²) in [4.78, 5) is 12.2. The SMILES string of the molecule is CCCn1ccnc1C(O)c1cnccn1. The quantitative estimate of drug-likeness (QED) is 0.836. The predicted molar refractivity (Wildman–Crippen MR) is 58.6 cm³/mol. The van der Waals surface area contributed by atoms with Gasteiger partial charge in [-0.15, -0.1) is 0 Å². The Bertz CT molecular complexity index is 440. The Labute approximate surface area is 93.8 Å². The number of aliphatic hydroxyl groups is 1. The lowest BCUT2D eigenvalue weighted by Gasteiger charge is -2.11. The molecular formula is C11H14N4O. The van der Waals surface area contributed by atoms with Crippen molar-refractivity contribution in [1.29, 1.82) is 0 Å². The molecule has 0 aliphatic rings. The van der Waals surface area contributed by atoms with Crippen molar-refractivity contribution in [1.82, 2.24) is 19.5 Å². The molecule has 0 saturated carbocycles. The first-order chi connectivity index (χ1) is 7.83. The molecule has 1 unspecified atom stereocenters.